The van der Waals surface area contributed by atoms with Crippen LogP contribution in [-0.4, -0.2) is 39.1 Å². The van der Waals surface area contributed by atoms with Crippen molar-refractivity contribution in [3.63, 3.8) is 0 Å². The summed E-state index contributed by atoms with van der Waals surface area (Å²) in [5.41, 5.74) is 6.87. The maximum Gasteiger partial charge on any atom is 0.252 e. The lowest BCUT2D eigenvalue weighted by Gasteiger charge is -2.19. The molecule has 1 saturated heterocycles. The minimum absolute atomic E-state index is 0.0149. The van der Waals surface area contributed by atoms with E-state index in [1.165, 1.54) is 6.33 Å². The van der Waals surface area contributed by atoms with Gasteiger partial charge in [-0.1, -0.05) is 25.5 Å². The minimum Gasteiger partial charge on any atom is -0.489 e. The highest BCUT2D eigenvalue weighted by Gasteiger charge is 2.31. The number of fused-ring (bicyclic) bond motifs is 3. The number of nitrogens with two attached hydrogens (primary N) is 1. The van der Waals surface area contributed by atoms with Gasteiger partial charge in [-0.3, -0.25) is 9.59 Å². The molecule has 1 fully saturated rings. The third-order valence-electron chi connectivity index (χ3n) is 4.90. The molecule has 26 heavy (non-hydrogen) atoms. The molecule has 2 amide bonds. The number of aromatic nitrogens is 3. The van der Waals surface area contributed by atoms with Gasteiger partial charge in [-0.15, -0.1) is 0 Å². The molecule has 1 aromatic carbocycles. The molecule has 2 atom stereocenters. The Balaban J connectivity index is 1.73. The average molecular weight is 353 g/mol. The second kappa shape index (κ2) is 6.29. The number of hydrogen-bond acceptors (Lipinski definition) is 5. The number of ether oxygens (including phenoxy) is 1. The zero-order valence-electron chi connectivity index (χ0n) is 14.3. The number of nitrogens with one attached hydrogen (secondary N) is 1. The van der Waals surface area contributed by atoms with Gasteiger partial charge in [-0.2, -0.15) is 5.10 Å². The highest BCUT2D eigenvalue weighted by atomic mass is 16.5. The van der Waals surface area contributed by atoms with Crippen LogP contribution in [0.5, 0.6) is 5.75 Å². The van der Waals surface area contributed by atoms with Crippen LogP contribution in [0.4, 0.5) is 0 Å². The summed E-state index contributed by atoms with van der Waals surface area (Å²) in [5.74, 6) is 0.388. The van der Waals surface area contributed by atoms with Crippen LogP contribution < -0.4 is 15.8 Å². The number of benzene rings is 1. The molecule has 0 saturated carbocycles. The van der Waals surface area contributed by atoms with E-state index in [4.69, 9.17) is 10.5 Å². The van der Waals surface area contributed by atoms with Gasteiger partial charge in [-0.25, -0.2) is 9.50 Å². The van der Waals surface area contributed by atoms with E-state index in [2.05, 4.69) is 22.3 Å². The average Bonchev–Trinajstić information content (AvgIpc) is 3.25. The molecule has 1 aliphatic rings. The first-order valence-electron chi connectivity index (χ1n) is 8.56. The molecular weight excluding hydrogens is 334 g/mol. The number of pyridine rings is 1. The number of amides is 2. The van der Waals surface area contributed by atoms with E-state index >= 15 is 0 Å². The van der Waals surface area contributed by atoms with Crippen molar-refractivity contribution in [3.8, 4) is 5.75 Å². The van der Waals surface area contributed by atoms with Gasteiger partial charge in [0.25, 0.3) is 5.91 Å². The van der Waals surface area contributed by atoms with E-state index in [-0.39, 0.29) is 17.9 Å². The van der Waals surface area contributed by atoms with Crippen LogP contribution in [0.25, 0.3) is 16.6 Å². The lowest BCUT2D eigenvalue weighted by Crippen LogP contribution is -2.34. The molecule has 134 valence electrons. The number of carbonyl (C=O) groups is 2. The van der Waals surface area contributed by atoms with Gasteiger partial charge in [0.2, 0.25) is 5.91 Å². The van der Waals surface area contributed by atoms with Crippen LogP contribution in [0.1, 0.15) is 30.1 Å². The van der Waals surface area contributed by atoms with Gasteiger partial charge in [0.15, 0.2) is 5.65 Å². The highest BCUT2D eigenvalue weighted by Crippen LogP contribution is 2.29. The van der Waals surface area contributed by atoms with Crippen LogP contribution in [0.15, 0.2) is 30.6 Å². The van der Waals surface area contributed by atoms with Crippen molar-refractivity contribution < 1.29 is 14.3 Å². The van der Waals surface area contributed by atoms with E-state index in [1.807, 2.05) is 18.2 Å². The molecule has 0 spiro atoms. The third-order valence-corrected chi connectivity index (χ3v) is 4.90. The quantitative estimate of drug-likeness (QED) is 0.717. The lowest BCUT2D eigenvalue weighted by atomic mass is 9.98. The van der Waals surface area contributed by atoms with Crippen molar-refractivity contribution in [2.75, 3.05) is 6.61 Å². The van der Waals surface area contributed by atoms with E-state index in [1.54, 1.807) is 10.6 Å². The Morgan fingerprint density at radius 3 is 3.08 bits per heavy atom. The molecule has 4 rings (SSSR count). The summed E-state index contributed by atoms with van der Waals surface area (Å²) in [6, 6.07) is 7.22. The Kier molecular flexibility index (Phi) is 3.95. The van der Waals surface area contributed by atoms with Crippen LogP contribution in [0.2, 0.25) is 0 Å². The minimum atomic E-state index is -0.560. The Labute approximate surface area is 149 Å². The maximum atomic E-state index is 11.7. The predicted octanol–water partition coefficient (Wildman–Crippen LogP) is 1.27. The van der Waals surface area contributed by atoms with E-state index < -0.39 is 5.91 Å². The molecule has 8 heteroatoms. The molecule has 2 aromatic heterocycles. The molecule has 0 radical (unpaired) electrons. The summed E-state index contributed by atoms with van der Waals surface area (Å²) in [6.07, 6.45) is 2.83. The van der Waals surface area contributed by atoms with Gasteiger partial charge >= 0.3 is 0 Å². The summed E-state index contributed by atoms with van der Waals surface area (Å²) < 4.78 is 7.61. The van der Waals surface area contributed by atoms with Crippen molar-refractivity contribution in [3.05, 3.63) is 36.2 Å². The number of rotatable bonds is 5. The van der Waals surface area contributed by atoms with E-state index in [0.29, 0.717) is 35.5 Å². The SMILES string of the molecule is CCC1CC(=O)NC1COc1cccc2cc(C(N)=O)c3ncnn3c12. The Bertz CT molecular complexity index is 1010. The van der Waals surface area contributed by atoms with Crippen molar-refractivity contribution >= 4 is 28.4 Å². The van der Waals surface area contributed by atoms with Gasteiger partial charge in [0.05, 0.1) is 11.6 Å². The Morgan fingerprint density at radius 1 is 1.46 bits per heavy atom. The van der Waals surface area contributed by atoms with Crippen LogP contribution in [-0.2, 0) is 4.79 Å². The first-order valence-corrected chi connectivity index (χ1v) is 8.56. The van der Waals surface area contributed by atoms with Crippen molar-refractivity contribution in [1.82, 2.24) is 19.9 Å². The number of primary amides is 1. The molecule has 1 aliphatic heterocycles. The monoisotopic (exact) mass is 353 g/mol. The molecular formula is C18H19N5O3. The fourth-order valence-electron chi connectivity index (χ4n) is 3.54. The first-order chi connectivity index (χ1) is 12.6. The van der Waals surface area contributed by atoms with Gasteiger partial charge in [-0.05, 0) is 18.1 Å². The van der Waals surface area contributed by atoms with Crippen LogP contribution >= 0.6 is 0 Å². The smallest absolute Gasteiger partial charge is 0.252 e. The highest BCUT2D eigenvalue weighted by molar-refractivity contribution is 6.03. The zero-order valence-corrected chi connectivity index (χ0v) is 14.3. The molecule has 2 unspecified atom stereocenters. The fraction of sp³-hybridized carbons (Fsp3) is 0.333. The molecule has 0 bridgehead atoms. The van der Waals surface area contributed by atoms with Crippen molar-refractivity contribution in [1.29, 1.82) is 0 Å². The normalized spacial score (nSPS) is 19.8. The van der Waals surface area contributed by atoms with Gasteiger partial charge in [0, 0.05) is 11.8 Å². The molecule has 8 nitrogen and oxygen atoms in total. The summed E-state index contributed by atoms with van der Waals surface area (Å²) in [6.45, 7) is 2.44. The number of carbonyl (C=O) groups excluding carboxylic acids is 2. The topological polar surface area (TPSA) is 112 Å². The predicted molar refractivity (Wildman–Crippen MR) is 94.8 cm³/mol. The van der Waals surface area contributed by atoms with Crippen LogP contribution in [0, 0.1) is 5.92 Å². The second-order valence-corrected chi connectivity index (χ2v) is 6.47. The van der Waals surface area contributed by atoms with Gasteiger partial charge in [0.1, 0.15) is 24.2 Å². The third kappa shape index (κ3) is 2.63. The lowest BCUT2D eigenvalue weighted by molar-refractivity contribution is -0.119. The summed E-state index contributed by atoms with van der Waals surface area (Å²) >= 11 is 0. The van der Waals surface area contributed by atoms with Crippen molar-refractivity contribution in [2.24, 2.45) is 11.7 Å². The standard InChI is InChI=1S/C18H19N5O3/c1-2-10-7-15(24)22-13(10)8-26-14-5-3-4-11-6-12(17(19)25)18-20-9-21-23(18)16(11)14/h3-6,9-10,13H,2,7-8H2,1H3,(H2,19,25)(H,22,24). The molecule has 3 aromatic rings. The Hall–Kier alpha value is -3.16. The van der Waals surface area contributed by atoms with E-state index in [9.17, 15) is 9.59 Å². The summed E-state index contributed by atoms with van der Waals surface area (Å²) in [4.78, 5) is 27.5. The number of nitrogens with zero attached hydrogens (tertiary/aromatic N) is 3. The van der Waals surface area contributed by atoms with Crippen molar-refractivity contribution in [2.45, 2.75) is 25.8 Å². The maximum absolute atomic E-state index is 11.7. The summed E-state index contributed by atoms with van der Waals surface area (Å²) in [7, 11) is 0. The summed E-state index contributed by atoms with van der Waals surface area (Å²) in [5, 5.41) is 7.97. The van der Waals surface area contributed by atoms with Crippen LogP contribution in [0.3, 0.4) is 0 Å². The first kappa shape index (κ1) is 16.3. The number of para-hydroxylation sites is 1. The second-order valence-electron chi connectivity index (χ2n) is 6.47. The van der Waals surface area contributed by atoms with E-state index in [0.717, 1.165) is 11.8 Å². The number of hydrogen-bond donors (Lipinski definition) is 2. The molecule has 3 heterocycles. The zero-order chi connectivity index (χ0) is 18.3. The van der Waals surface area contributed by atoms with Gasteiger partial charge < -0.3 is 15.8 Å². The largest absolute Gasteiger partial charge is 0.489 e. The molecule has 3 N–H and O–H groups in total. The molecule has 0 aliphatic carbocycles. The fourth-order valence-corrected chi connectivity index (χ4v) is 3.54. The Morgan fingerprint density at radius 2 is 2.31 bits per heavy atom.